The number of sulfonamides is 1. The Balaban J connectivity index is 2.00. The number of halogens is 1. The molecule has 9 heteroatoms. The van der Waals surface area contributed by atoms with Crippen LogP contribution in [-0.4, -0.2) is 57.2 Å². The van der Waals surface area contributed by atoms with E-state index in [1.165, 1.54) is 29.6 Å². The van der Waals surface area contributed by atoms with E-state index in [0.717, 1.165) is 0 Å². The van der Waals surface area contributed by atoms with Gasteiger partial charge in [-0.1, -0.05) is 11.6 Å². The highest BCUT2D eigenvalue weighted by Crippen LogP contribution is 2.44. The molecule has 0 spiro atoms. The van der Waals surface area contributed by atoms with Gasteiger partial charge in [-0.05, 0) is 30.5 Å². The fraction of sp³-hybridized carbons (Fsp3) is 0.533. The molecule has 0 bridgehead atoms. The first-order chi connectivity index (χ1) is 11.3. The molecule has 24 heavy (non-hydrogen) atoms. The van der Waals surface area contributed by atoms with Crippen LogP contribution in [0.4, 0.5) is 0 Å². The van der Waals surface area contributed by atoms with Gasteiger partial charge in [0.15, 0.2) is 0 Å². The zero-order valence-electron chi connectivity index (χ0n) is 13.1. The summed E-state index contributed by atoms with van der Waals surface area (Å²) in [4.78, 5) is 11.7. The Bertz CT molecular complexity index is 767. The molecule has 7 nitrogen and oxygen atoms in total. The number of rotatable bonds is 4. The Kier molecular flexibility index (Phi) is 4.50. The average molecular weight is 376 g/mol. The number of carbonyl (C=O) groups is 1. The number of hydrogen-bond acceptors (Lipinski definition) is 5. The third-order valence-electron chi connectivity index (χ3n) is 4.80. The van der Waals surface area contributed by atoms with Gasteiger partial charge >= 0.3 is 5.97 Å². The Morgan fingerprint density at radius 2 is 2.25 bits per heavy atom. The summed E-state index contributed by atoms with van der Waals surface area (Å²) < 4.78 is 37.7. The quantitative estimate of drug-likeness (QED) is 0.856. The molecule has 3 rings (SSSR count). The molecule has 1 aromatic rings. The van der Waals surface area contributed by atoms with Crippen LogP contribution in [0.15, 0.2) is 23.1 Å². The minimum atomic E-state index is -3.93. The third kappa shape index (κ3) is 2.67. The summed E-state index contributed by atoms with van der Waals surface area (Å²) in [6.45, 7) is 0.485. The first-order valence-electron chi connectivity index (χ1n) is 7.46. The molecule has 0 aliphatic carbocycles. The summed E-state index contributed by atoms with van der Waals surface area (Å²) >= 11 is 5.93. The Labute approximate surface area is 145 Å². The van der Waals surface area contributed by atoms with E-state index in [9.17, 15) is 18.3 Å². The molecule has 2 saturated heterocycles. The normalized spacial score (nSPS) is 27.7. The van der Waals surface area contributed by atoms with Crippen LogP contribution in [0.5, 0.6) is 5.75 Å². The molecular weight excluding hydrogens is 358 g/mol. The molecule has 2 aliphatic rings. The van der Waals surface area contributed by atoms with Gasteiger partial charge in [0, 0.05) is 24.7 Å². The molecule has 132 valence electrons. The average Bonchev–Trinajstić information content (AvgIpc) is 2.96. The van der Waals surface area contributed by atoms with Gasteiger partial charge in [-0.25, -0.2) is 8.42 Å². The first kappa shape index (κ1) is 17.5. The van der Waals surface area contributed by atoms with E-state index in [-0.39, 0.29) is 41.3 Å². The zero-order chi connectivity index (χ0) is 17.5. The summed E-state index contributed by atoms with van der Waals surface area (Å²) in [6.07, 6.45) is 0.519. The zero-order valence-corrected chi connectivity index (χ0v) is 14.6. The first-order valence-corrected chi connectivity index (χ1v) is 9.28. The minimum absolute atomic E-state index is 0.0195. The molecule has 0 unspecified atom stereocenters. The second-order valence-corrected chi connectivity index (χ2v) is 8.44. The van der Waals surface area contributed by atoms with Crippen molar-refractivity contribution in [3.05, 3.63) is 23.2 Å². The van der Waals surface area contributed by atoms with Gasteiger partial charge in [-0.2, -0.15) is 4.31 Å². The minimum Gasteiger partial charge on any atom is -0.495 e. The smallest absolute Gasteiger partial charge is 0.313 e. The Morgan fingerprint density at radius 3 is 2.88 bits per heavy atom. The molecule has 2 heterocycles. The molecule has 0 aromatic heterocycles. The molecule has 1 aromatic carbocycles. The number of benzene rings is 1. The van der Waals surface area contributed by atoms with Crippen LogP contribution in [0, 0.1) is 11.3 Å². The summed E-state index contributed by atoms with van der Waals surface area (Å²) in [6, 6.07) is 4.34. The van der Waals surface area contributed by atoms with E-state index in [2.05, 4.69) is 0 Å². The van der Waals surface area contributed by atoms with Crippen molar-refractivity contribution in [2.45, 2.75) is 11.3 Å². The Hall–Kier alpha value is -1.35. The SMILES string of the molecule is COc1ccc(Cl)cc1S(=O)(=O)N1C[C@@H]2CCOC[C@]2(C(=O)O)C1. The van der Waals surface area contributed by atoms with Crippen molar-refractivity contribution < 1.29 is 27.8 Å². The number of aliphatic carboxylic acids is 1. The van der Waals surface area contributed by atoms with Crippen LogP contribution in [-0.2, 0) is 19.6 Å². The van der Waals surface area contributed by atoms with Crippen LogP contribution in [0.1, 0.15) is 6.42 Å². The van der Waals surface area contributed by atoms with E-state index in [1.807, 2.05) is 0 Å². The maximum atomic E-state index is 13.0. The van der Waals surface area contributed by atoms with Crippen LogP contribution < -0.4 is 4.74 Å². The molecule has 2 aliphatic heterocycles. The van der Waals surface area contributed by atoms with E-state index < -0.39 is 21.4 Å². The standard InChI is InChI=1S/C15H18ClNO6S/c1-22-12-3-2-11(16)6-13(12)24(20,21)17-7-10-4-5-23-9-15(10,8-17)14(18)19/h2-3,6,10H,4-5,7-9H2,1H3,(H,18,19)/t10-,15+/m0/s1. The number of fused-ring (bicyclic) bond motifs is 1. The summed E-state index contributed by atoms with van der Waals surface area (Å²) in [5.41, 5.74) is -1.20. The van der Waals surface area contributed by atoms with E-state index in [0.29, 0.717) is 13.0 Å². The second-order valence-electron chi connectivity index (χ2n) is 6.09. The highest BCUT2D eigenvalue weighted by atomic mass is 35.5. The summed E-state index contributed by atoms with van der Waals surface area (Å²) in [5.74, 6) is -1.12. The predicted molar refractivity (Wildman–Crippen MR) is 85.8 cm³/mol. The van der Waals surface area contributed by atoms with Crippen molar-refractivity contribution >= 4 is 27.6 Å². The third-order valence-corrected chi connectivity index (χ3v) is 6.87. The highest BCUT2D eigenvalue weighted by Gasteiger charge is 2.56. The van der Waals surface area contributed by atoms with Gasteiger partial charge in [0.25, 0.3) is 0 Å². The van der Waals surface area contributed by atoms with Gasteiger partial charge in [-0.3, -0.25) is 4.79 Å². The molecule has 0 saturated carbocycles. The van der Waals surface area contributed by atoms with Crippen molar-refractivity contribution in [3.8, 4) is 5.75 Å². The number of methoxy groups -OCH3 is 1. The second kappa shape index (κ2) is 6.18. The maximum absolute atomic E-state index is 13.0. The van der Waals surface area contributed by atoms with Crippen molar-refractivity contribution in [1.82, 2.24) is 4.31 Å². The van der Waals surface area contributed by atoms with Gasteiger partial charge in [0.2, 0.25) is 10.0 Å². The van der Waals surface area contributed by atoms with Crippen molar-refractivity contribution in [1.29, 1.82) is 0 Å². The molecular formula is C15H18ClNO6S. The number of nitrogens with zero attached hydrogens (tertiary/aromatic N) is 1. The lowest BCUT2D eigenvalue weighted by Crippen LogP contribution is -2.46. The predicted octanol–water partition coefficient (Wildman–Crippen LogP) is 1.46. The molecule has 2 atom stereocenters. The summed E-state index contributed by atoms with van der Waals surface area (Å²) in [7, 11) is -2.56. The van der Waals surface area contributed by atoms with Crippen LogP contribution in [0.2, 0.25) is 5.02 Å². The largest absolute Gasteiger partial charge is 0.495 e. The van der Waals surface area contributed by atoms with Crippen molar-refractivity contribution in [2.75, 3.05) is 33.4 Å². The van der Waals surface area contributed by atoms with Gasteiger partial charge in [0.05, 0.1) is 13.7 Å². The van der Waals surface area contributed by atoms with Crippen molar-refractivity contribution in [3.63, 3.8) is 0 Å². The molecule has 0 radical (unpaired) electrons. The van der Waals surface area contributed by atoms with Gasteiger partial charge in [-0.15, -0.1) is 0 Å². The van der Waals surface area contributed by atoms with Crippen molar-refractivity contribution in [2.24, 2.45) is 11.3 Å². The van der Waals surface area contributed by atoms with E-state index >= 15 is 0 Å². The molecule has 2 fully saturated rings. The number of ether oxygens (including phenoxy) is 2. The van der Waals surface area contributed by atoms with Gasteiger partial charge in [0.1, 0.15) is 16.1 Å². The van der Waals surface area contributed by atoms with Crippen LogP contribution >= 0.6 is 11.6 Å². The van der Waals surface area contributed by atoms with Crippen LogP contribution in [0.3, 0.4) is 0 Å². The van der Waals surface area contributed by atoms with Crippen LogP contribution in [0.25, 0.3) is 0 Å². The van der Waals surface area contributed by atoms with E-state index in [1.54, 1.807) is 0 Å². The number of carboxylic acid groups (broad SMARTS) is 1. The van der Waals surface area contributed by atoms with Gasteiger partial charge < -0.3 is 14.6 Å². The lowest BCUT2D eigenvalue weighted by atomic mass is 9.76. The highest BCUT2D eigenvalue weighted by molar-refractivity contribution is 7.89. The lowest BCUT2D eigenvalue weighted by molar-refractivity contribution is -0.159. The fourth-order valence-corrected chi connectivity index (χ4v) is 5.39. The fourth-order valence-electron chi connectivity index (χ4n) is 3.42. The number of carboxylic acids is 1. The monoisotopic (exact) mass is 375 g/mol. The summed E-state index contributed by atoms with van der Waals surface area (Å²) in [5, 5.41) is 9.92. The lowest BCUT2D eigenvalue weighted by Gasteiger charge is -2.34. The maximum Gasteiger partial charge on any atom is 0.313 e. The van der Waals surface area contributed by atoms with E-state index in [4.69, 9.17) is 21.1 Å². The molecule has 0 amide bonds. The molecule has 1 N–H and O–H groups in total. The Morgan fingerprint density at radius 1 is 1.50 bits per heavy atom. The number of hydrogen-bond donors (Lipinski definition) is 1. The topological polar surface area (TPSA) is 93.1 Å².